The fourth-order valence-electron chi connectivity index (χ4n) is 2.19. The number of benzene rings is 2. The minimum absolute atomic E-state index is 0.0337. The van der Waals surface area contributed by atoms with Crippen LogP contribution < -0.4 is 10.6 Å². The van der Waals surface area contributed by atoms with Gasteiger partial charge in [0.05, 0.1) is 10.9 Å². The fraction of sp³-hybridized carbons (Fsp3) is 0.176. The van der Waals surface area contributed by atoms with E-state index in [1.165, 1.54) is 11.8 Å². The maximum Gasteiger partial charge on any atom is 0.255 e. The van der Waals surface area contributed by atoms with E-state index in [0.717, 1.165) is 16.1 Å². The zero-order valence-corrected chi connectivity index (χ0v) is 13.2. The van der Waals surface area contributed by atoms with Crippen LogP contribution in [0.4, 0.5) is 11.4 Å². The normalized spacial score (nSPS) is 16.6. The average Bonchev–Trinajstić information content (AvgIpc) is 2.50. The molecule has 1 aliphatic heterocycles. The Bertz CT molecular complexity index is 741. The van der Waals surface area contributed by atoms with Crippen LogP contribution in [0, 0.1) is 6.92 Å². The summed E-state index contributed by atoms with van der Waals surface area (Å²) in [5.41, 5.74) is 3.11. The molecule has 0 saturated heterocycles. The molecule has 3 rings (SSSR count). The van der Waals surface area contributed by atoms with Crippen LogP contribution in [0.2, 0.25) is 0 Å². The van der Waals surface area contributed by atoms with Gasteiger partial charge in [0, 0.05) is 16.1 Å². The Morgan fingerprint density at radius 2 is 1.91 bits per heavy atom. The van der Waals surface area contributed by atoms with Gasteiger partial charge >= 0.3 is 0 Å². The summed E-state index contributed by atoms with van der Waals surface area (Å²) < 4.78 is 0. The van der Waals surface area contributed by atoms with Gasteiger partial charge in [-0.3, -0.25) is 9.59 Å². The summed E-state index contributed by atoms with van der Waals surface area (Å²) in [5.74, 6) is -0.224. The summed E-state index contributed by atoms with van der Waals surface area (Å²) in [4.78, 5) is 25.0. The standard InChI is InChI=1S/C17H16N2O2S/c1-10-3-6-13(7-4-10)18-17(21)12-5-8-15-14(9-12)19-16(20)11(2)22-15/h3-9,11H,1-2H3,(H,18,21)(H,19,20)/t11-/m1/s1. The van der Waals surface area contributed by atoms with E-state index in [2.05, 4.69) is 10.6 Å². The summed E-state index contributed by atoms with van der Waals surface area (Å²) in [6, 6.07) is 13.0. The predicted molar refractivity (Wildman–Crippen MR) is 89.5 cm³/mol. The van der Waals surface area contributed by atoms with Crippen LogP contribution in [0.5, 0.6) is 0 Å². The van der Waals surface area contributed by atoms with Crippen LogP contribution in [0.15, 0.2) is 47.4 Å². The quantitative estimate of drug-likeness (QED) is 0.889. The Labute approximate surface area is 133 Å². The molecule has 22 heavy (non-hydrogen) atoms. The van der Waals surface area contributed by atoms with Crippen LogP contribution in [0.3, 0.4) is 0 Å². The van der Waals surface area contributed by atoms with Crippen molar-refractivity contribution in [2.45, 2.75) is 24.0 Å². The molecule has 0 aromatic heterocycles. The lowest BCUT2D eigenvalue weighted by Gasteiger charge is -2.21. The van der Waals surface area contributed by atoms with Crippen LogP contribution in [-0.2, 0) is 4.79 Å². The molecule has 1 heterocycles. The third-order valence-electron chi connectivity index (χ3n) is 3.48. The van der Waals surface area contributed by atoms with Gasteiger partial charge in [0.1, 0.15) is 0 Å². The number of thioether (sulfide) groups is 1. The van der Waals surface area contributed by atoms with E-state index in [1.807, 2.05) is 44.2 Å². The van der Waals surface area contributed by atoms with Gasteiger partial charge in [-0.15, -0.1) is 11.8 Å². The first-order valence-electron chi connectivity index (χ1n) is 7.02. The number of rotatable bonds is 2. The molecule has 0 spiro atoms. The fourth-order valence-corrected chi connectivity index (χ4v) is 3.12. The van der Waals surface area contributed by atoms with Crippen LogP contribution in [0.25, 0.3) is 0 Å². The summed E-state index contributed by atoms with van der Waals surface area (Å²) in [5, 5.41) is 5.58. The Balaban J connectivity index is 1.80. The van der Waals surface area contributed by atoms with Gasteiger partial charge in [-0.25, -0.2) is 0 Å². The number of amides is 2. The number of fused-ring (bicyclic) bond motifs is 1. The highest BCUT2D eigenvalue weighted by Gasteiger charge is 2.23. The first-order valence-corrected chi connectivity index (χ1v) is 7.90. The number of aryl methyl sites for hydroxylation is 1. The lowest BCUT2D eigenvalue weighted by Crippen LogP contribution is -2.26. The van der Waals surface area contributed by atoms with E-state index >= 15 is 0 Å². The number of carbonyl (C=O) groups is 2. The van der Waals surface area contributed by atoms with Crippen LogP contribution in [-0.4, -0.2) is 17.1 Å². The molecule has 0 unspecified atom stereocenters. The summed E-state index contributed by atoms with van der Waals surface area (Å²) >= 11 is 1.50. The minimum atomic E-state index is -0.190. The molecule has 4 nitrogen and oxygen atoms in total. The molecule has 1 atom stereocenters. The second-order valence-corrected chi connectivity index (χ2v) is 6.66. The topological polar surface area (TPSA) is 58.2 Å². The van der Waals surface area contributed by atoms with Crippen molar-refractivity contribution in [1.29, 1.82) is 0 Å². The Morgan fingerprint density at radius 3 is 2.64 bits per heavy atom. The number of hydrogen-bond donors (Lipinski definition) is 2. The number of nitrogens with one attached hydrogen (secondary N) is 2. The van der Waals surface area contributed by atoms with Gasteiger partial charge in [0.25, 0.3) is 5.91 Å². The molecule has 0 saturated carbocycles. The average molecular weight is 312 g/mol. The monoisotopic (exact) mass is 312 g/mol. The Kier molecular flexibility index (Phi) is 3.90. The molecule has 5 heteroatoms. The maximum absolute atomic E-state index is 12.3. The van der Waals surface area contributed by atoms with Crippen molar-refractivity contribution in [3.63, 3.8) is 0 Å². The molecule has 0 radical (unpaired) electrons. The molecule has 0 bridgehead atoms. The zero-order valence-electron chi connectivity index (χ0n) is 12.3. The highest BCUT2D eigenvalue weighted by molar-refractivity contribution is 8.00. The van der Waals surface area contributed by atoms with E-state index in [-0.39, 0.29) is 17.1 Å². The van der Waals surface area contributed by atoms with Gasteiger partial charge in [0.2, 0.25) is 5.91 Å². The molecular formula is C17H16N2O2S. The maximum atomic E-state index is 12.3. The minimum Gasteiger partial charge on any atom is -0.324 e. The number of anilines is 2. The van der Waals surface area contributed by atoms with Crippen molar-refractivity contribution in [3.8, 4) is 0 Å². The molecular weight excluding hydrogens is 296 g/mol. The lowest BCUT2D eigenvalue weighted by atomic mass is 10.1. The van der Waals surface area contributed by atoms with Crippen molar-refractivity contribution >= 4 is 35.0 Å². The molecule has 2 amide bonds. The highest BCUT2D eigenvalue weighted by atomic mass is 32.2. The molecule has 112 valence electrons. The predicted octanol–water partition coefficient (Wildman–Crippen LogP) is 3.68. The first-order chi connectivity index (χ1) is 10.5. The van der Waals surface area contributed by atoms with Gasteiger partial charge < -0.3 is 10.6 Å². The van der Waals surface area contributed by atoms with Crippen molar-refractivity contribution in [1.82, 2.24) is 0 Å². The Hall–Kier alpha value is -2.27. The van der Waals surface area contributed by atoms with Crippen LogP contribution in [0.1, 0.15) is 22.8 Å². The SMILES string of the molecule is Cc1ccc(NC(=O)c2ccc3c(c2)NC(=O)[C@@H](C)S3)cc1. The summed E-state index contributed by atoms with van der Waals surface area (Å²) in [6.45, 7) is 3.86. The molecule has 0 fully saturated rings. The first kappa shape index (κ1) is 14.7. The van der Waals surface area contributed by atoms with E-state index in [0.29, 0.717) is 11.3 Å². The molecule has 0 aliphatic carbocycles. The third kappa shape index (κ3) is 2.99. The highest BCUT2D eigenvalue weighted by Crippen LogP contribution is 2.36. The van der Waals surface area contributed by atoms with Crippen molar-refractivity contribution < 1.29 is 9.59 Å². The van der Waals surface area contributed by atoms with Gasteiger partial charge in [-0.1, -0.05) is 17.7 Å². The second-order valence-electron chi connectivity index (χ2n) is 5.28. The van der Waals surface area contributed by atoms with E-state index in [9.17, 15) is 9.59 Å². The smallest absolute Gasteiger partial charge is 0.255 e. The number of carbonyl (C=O) groups excluding carboxylic acids is 2. The zero-order chi connectivity index (χ0) is 15.7. The molecule has 2 N–H and O–H groups in total. The van der Waals surface area contributed by atoms with Gasteiger partial charge in [-0.2, -0.15) is 0 Å². The van der Waals surface area contributed by atoms with Gasteiger partial charge in [-0.05, 0) is 44.2 Å². The number of hydrogen-bond acceptors (Lipinski definition) is 3. The lowest BCUT2D eigenvalue weighted by molar-refractivity contribution is -0.115. The molecule has 2 aromatic carbocycles. The van der Waals surface area contributed by atoms with E-state index in [4.69, 9.17) is 0 Å². The molecule has 2 aromatic rings. The largest absolute Gasteiger partial charge is 0.324 e. The van der Waals surface area contributed by atoms with E-state index < -0.39 is 0 Å². The van der Waals surface area contributed by atoms with Gasteiger partial charge in [0.15, 0.2) is 0 Å². The summed E-state index contributed by atoms with van der Waals surface area (Å²) in [6.07, 6.45) is 0. The van der Waals surface area contributed by atoms with Crippen molar-refractivity contribution in [3.05, 3.63) is 53.6 Å². The van der Waals surface area contributed by atoms with E-state index in [1.54, 1.807) is 12.1 Å². The summed E-state index contributed by atoms with van der Waals surface area (Å²) in [7, 11) is 0. The van der Waals surface area contributed by atoms with Crippen LogP contribution >= 0.6 is 11.8 Å². The molecule has 1 aliphatic rings. The second kappa shape index (κ2) is 5.85. The van der Waals surface area contributed by atoms with Crippen molar-refractivity contribution in [2.75, 3.05) is 10.6 Å². The van der Waals surface area contributed by atoms with Crippen molar-refractivity contribution in [2.24, 2.45) is 0 Å². The third-order valence-corrected chi connectivity index (χ3v) is 4.66. The Morgan fingerprint density at radius 1 is 1.18 bits per heavy atom.